The topological polar surface area (TPSA) is 83.7 Å². The molecule has 3 heterocycles. The number of amides is 1. The first-order valence-corrected chi connectivity index (χ1v) is 11.0. The SMILES string of the molecule is Cc1ccc(C2CC3C(=O)N(Cc4nc(-c5ccc(OC(F)(F)F)cc5)no4)C=CN3N2)cc1C. The second-order valence-corrected chi connectivity index (χ2v) is 8.53. The van der Waals surface area contributed by atoms with Gasteiger partial charge in [-0.3, -0.25) is 4.79 Å². The van der Waals surface area contributed by atoms with Crippen molar-refractivity contribution in [1.29, 1.82) is 0 Å². The number of hydrogen-bond acceptors (Lipinski definition) is 7. The zero-order chi connectivity index (χ0) is 24.7. The van der Waals surface area contributed by atoms with Gasteiger partial charge in [0, 0.05) is 18.0 Å². The molecule has 2 unspecified atom stereocenters. The lowest BCUT2D eigenvalue weighted by Crippen LogP contribution is -2.47. The Morgan fingerprint density at radius 3 is 2.60 bits per heavy atom. The van der Waals surface area contributed by atoms with Crippen LogP contribution in [-0.4, -0.2) is 38.4 Å². The Kier molecular flexibility index (Phi) is 5.72. The average Bonchev–Trinajstić information content (AvgIpc) is 3.45. The summed E-state index contributed by atoms with van der Waals surface area (Å²) in [5.74, 6) is -0.0349. The van der Waals surface area contributed by atoms with Crippen LogP contribution in [0.4, 0.5) is 13.2 Å². The first-order chi connectivity index (χ1) is 16.7. The molecule has 0 radical (unpaired) electrons. The minimum Gasteiger partial charge on any atom is -0.406 e. The number of nitrogens with zero attached hydrogens (tertiary/aromatic N) is 4. The van der Waals surface area contributed by atoms with Crippen LogP contribution < -0.4 is 10.2 Å². The van der Waals surface area contributed by atoms with E-state index in [1.165, 1.54) is 40.3 Å². The highest BCUT2D eigenvalue weighted by molar-refractivity contribution is 5.84. The van der Waals surface area contributed by atoms with Crippen molar-refractivity contribution in [2.75, 3.05) is 0 Å². The molecule has 0 spiro atoms. The van der Waals surface area contributed by atoms with Gasteiger partial charge in [0.05, 0.1) is 6.04 Å². The molecule has 1 aromatic heterocycles. The number of carbonyl (C=O) groups is 1. The normalized spacial score (nSPS) is 19.9. The number of carbonyl (C=O) groups excluding carboxylic acids is 1. The maximum absolute atomic E-state index is 13.1. The number of hydrazine groups is 1. The van der Waals surface area contributed by atoms with Gasteiger partial charge in [-0.15, -0.1) is 13.2 Å². The second kappa shape index (κ2) is 8.73. The van der Waals surface area contributed by atoms with E-state index in [9.17, 15) is 18.0 Å². The first kappa shape index (κ1) is 22.9. The highest BCUT2D eigenvalue weighted by atomic mass is 19.4. The second-order valence-electron chi connectivity index (χ2n) is 8.53. The molecule has 0 aliphatic carbocycles. The predicted octanol–water partition coefficient (Wildman–Crippen LogP) is 4.39. The molecule has 11 heteroatoms. The Morgan fingerprint density at radius 2 is 1.89 bits per heavy atom. The summed E-state index contributed by atoms with van der Waals surface area (Å²) in [7, 11) is 0. The molecule has 2 aliphatic heterocycles. The van der Waals surface area contributed by atoms with Crippen molar-refractivity contribution in [2.24, 2.45) is 0 Å². The van der Waals surface area contributed by atoms with Crippen molar-refractivity contribution in [2.45, 2.75) is 45.3 Å². The van der Waals surface area contributed by atoms with Crippen LogP contribution in [0.3, 0.4) is 0 Å². The van der Waals surface area contributed by atoms with Gasteiger partial charge in [0.1, 0.15) is 18.3 Å². The van der Waals surface area contributed by atoms with Gasteiger partial charge in [-0.1, -0.05) is 23.4 Å². The van der Waals surface area contributed by atoms with Crippen molar-refractivity contribution in [3.63, 3.8) is 0 Å². The zero-order valence-electron chi connectivity index (χ0n) is 18.9. The summed E-state index contributed by atoms with van der Waals surface area (Å²) in [6, 6.07) is 11.1. The van der Waals surface area contributed by atoms with Gasteiger partial charge in [0.2, 0.25) is 11.7 Å². The van der Waals surface area contributed by atoms with Crippen LogP contribution in [0.2, 0.25) is 0 Å². The van der Waals surface area contributed by atoms with Gasteiger partial charge in [0.25, 0.3) is 5.91 Å². The van der Waals surface area contributed by atoms with Crippen LogP contribution in [0.25, 0.3) is 11.4 Å². The standard InChI is InChI=1S/C24H22F3N5O3/c1-14-3-4-17(11-15(14)2)19-12-20-23(33)31(9-10-32(20)29-19)13-21-28-22(30-35-21)16-5-7-18(8-6-16)34-24(25,26)27/h3-11,19-20,29H,12-13H2,1-2H3. The van der Waals surface area contributed by atoms with E-state index in [1.54, 1.807) is 6.20 Å². The quantitative estimate of drug-likeness (QED) is 0.574. The summed E-state index contributed by atoms with van der Waals surface area (Å²) in [5, 5.41) is 5.70. The van der Waals surface area contributed by atoms with Crippen molar-refractivity contribution in [1.82, 2.24) is 25.5 Å². The lowest BCUT2D eigenvalue weighted by Gasteiger charge is -2.30. The van der Waals surface area contributed by atoms with E-state index >= 15 is 0 Å². The fourth-order valence-corrected chi connectivity index (χ4v) is 4.15. The highest BCUT2D eigenvalue weighted by Gasteiger charge is 2.40. The maximum Gasteiger partial charge on any atom is 0.573 e. The molecule has 5 rings (SSSR count). The summed E-state index contributed by atoms with van der Waals surface area (Å²) >= 11 is 0. The monoisotopic (exact) mass is 485 g/mol. The Labute approximate surface area is 198 Å². The van der Waals surface area contributed by atoms with Crippen molar-refractivity contribution in [3.05, 3.63) is 77.4 Å². The van der Waals surface area contributed by atoms with Crippen LogP contribution in [-0.2, 0) is 11.3 Å². The predicted molar refractivity (Wildman–Crippen MR) is 118 cm³/mol. The van der Waals surface area contributed by atoms with E-state index in [2.05, 4.69) is 52.3 Å². The maximum atomic E-state index is 13.1. The summed E-state index contributed by atoms with van der Waals surface area (Å²) < 4.78 is 46.2. The molecule has 1 saturated heterocycles. The molecule has 1 amide bonds. The minimum atomic E-state index is -4.77. The number of aromatic nitrogens is 2. The van der Waals surface area contributed by atoms with E-state index in [0.717, 1.165) is 5.56 Å². The summed E-state index contributed by atoms with van der Waals surface area (Å²) in [6.45, 7) is 4.21. The molecule has 1 fully saturated rings. The number of rotatable bonds is 5. The third-order valence-corrected chi connectivity index (χ3v) is 6.13. The van der Waals surface area contributed by atoms with Crippen LogP contribution >= 0.6 is 0 Å². The zero-order valence-corrected chi connectivity index (χ0v) is 18.9. The number of aryl methyl sites for hydroxylation is 2. The minimum absolute atomic E-state index is 0.0205. The Bertz CT molecular complexity index is 1270. The van der Waals surface area contributed by atoms with Gasteiger partial charge in [0.15, 0.2) is 0 Å². The average molecular weight is 485 g/mol. The number of ether oxygens (including phenoxy) is 1. The van der Waals surface area contributed by atoms with E-state index in [0.29, 0.717) is 12.0 Å². The number of nitrogens with one attached hydrogen (secondary N) is 1. The number of alkyl halides is 3. The molecule has 8 nitrogen and oxygen atoms in total. The molecule has 0 bridgehead atoms. The molecular formula is C24H22F3N5O3. The first-order valence-electron chi connectivity index (χ1n) is 11.0. The van der Waals surface area contributed by atoms with Gasteiger partial charge >= 0.3 is 6.36 Å². The van der Waals surface area contributed by atoms with E-state index in [1.807, 2.05) is 11.2 Å². The lowest BCUT2D eigenvalue weighted by atomic mass is 9.97. The molecule has 0 saturated carbocycles. The molecule has 35 heavy (non-hydrogen) atoms. The van der Waals surface area contributed by atoms with Crippen molar-refractivity contribution >= 4 is 5.91 Å². The molecule has 3 aromatic rings. The van der Waals surface area contributed by atoms with Gasteiger partial charge in [-0.05, 0) is 61.2 Å². The third-order valence-electron chi connectivity index (χ3n) is 6.13. The smallest absolute Gasteiger partial charge is 0.406 e. The molecule has 182 valence electrons. The molecule has 1 N–H and O–H groups in total. The highest BCUT2D eigenvalue weighted by Crippen LogP contribution is 2.32. The Hall–Kier alpha value is -3.86. The Balaban J connectivity index is 1.24. The van der Waals surface area contributed by atoms with Gasteiger partial charge in [-0.25, -0.2) is 5.43 Å². The van der Waals surface area contributed by atoms with E-state index < -0.39 is 6.36 Å². The van der Waals surface area contributed by atoms with Crippen molar-refractivity contribution < 1.29 is 27.2 Å². The van der Waals surface area contributed by atoms with Gasteiger partial charge in [-0.2, -0.15) is 4.98 Å². The third kappa shape index (κ3) is 4.85. The van der Waals surface area contributed by atoms with Crippen LogP contribution in [0, 0.1) is 13.8 Å². The van der Waals surface area contributed by atoms with Crippen LogP contribution in [0.1, 0.15) is 35.0 Å². The molecule has 2 aromatic carbocycles. The van der Waals surface area contributed by atoms with E-state index in [-0.39, 0.29) is 42.0 Å². The number of benzene rings is 2. The largest absolute Gasteiger partial charge is 0.573 e. The molecular weight excluding hydrogens is 463 g/mol. The summed E-state index contributed by atoms with van der Waals surface area (Å²) in [4.78, 5) is 18.9. The fraction of sp³-hybridized carbons (Fsp3) is 0.292. The van der Waals surface area contributed by atoms with Crippen LogP contribution in [0.5, 0.6) is 5.75 Å². The number of hydrogen-bond donors (Lipinski definition) is 1. The summed E-state index contributed by atoms with van der Waals surface area (Å²) in [6.07, 6.45) is -0.687. The fourth-order valence-electron chi connectivity index (χ4n) is 4.15. The number of fused-ring (bicyclic) bond motifs is 1. The lowest BCUT2D eigenvalue weighted by molar-refractivity contribution is -0.274. The summed E-state index contributed by atoms with van der Waals surface area (Å²) in [5.41, 5.74) is 7.39. The molecule has 2 aliphatic rings. The molecule has 2 atom stereocenters. The van der Waals surface area contributed by atoms with Gasteiger partial charge < -0.3 is 19.2 Å². The van der Waals surface area contributed by atoms with Crippen molar-refractivity contribution in [3.8, 4) is 17.1 Å². The number of halogens is 3. The Morgan fingerprint density at radius 1 is 1.11 bits per heavy atom. The van der Waals surface area contributed by atoms with E-state index in [4.69, 9.17) is 4.52 Å². The van der Waals surface area contributed by atoms with Crippen LogP contribution in [0.15, 0.2) is 59.4 Å².